The number of nitrogens with one attached hydrogen (secondary N) is 3. The Bertz CT molecular complexity index is 1100. The number of carbonyl (C=O) groups is 2. The van der Waals surface area contributed by atoms with Crippen molar-refractivity contribution in [2.75, 3.05) is 31.5 Å². The number of aromatic nitrogens is 1. The number of aryl methyl sites for hydroxylation is 1. The van der Waals surface area contributed by atoms with Crippen LogP contribution in [0.5, 0.6) is 0 Å². The molecule has 0 bridgehead atoms. The Hall–Kier alpha value is -2.64. The van der Waals surface area contributed by atoms with Gasteiger partial charge in [0.1, 0.15) is 0 Å². The smallest absolute Gasteiger partial charge is 0.358 e. The summed E-state index contributed by atoms with van der Waals surface area (Å²) in [5.74, 6) is -1.27. The molecule has 1 aromatic carbocycles. The summed E-state index contributed by atoms with van der Waals surface area (Å²) in [6.45, 7) is 4.17. The van der Waals surface area contributed by atoms with E-state index in [2.05, 4.69) is 29.8 Å². The molecule has 10 heteroatoms. The Morgan fingerprint density at radius 3 is 2.69 bits per heavy atom. The number of carbonyl (C=O) groups excluding carboxylic acids is 2. The molecule has 2 aromatic rings. The van der Waals surface area contributed by atoms with Crippen LogP contribution in [0.1, 0.15) is 45.7 Å². The molecule has 0 aliphatic carbocycles. The highest BCUT2D eigenvalue weighted by Crippen LogP contribution is 2.39. The van der Waals surface area contributed by atoms with E-state index < -0.39 is 29.1 Å². The first kappa shape index (κ1) is 22.6. The number of halogens is 3. The summed E-state index contributed by atoms with van der Waals surface area (Å²) in [4.78, 5) is 30.0. The molecule has 2 aliphatic heterocycles. The summed E-state index contributed by atoms with van der Waals surface area (Å²) in [5, 5.41) is 6.07. The summed E-state index contributed by atoms with van der Waals surface area (Å²) in [6, 6.07) is 5.18. The van der Waals surface area contributed by atoms with E-state index in [1.807, 2.05) is 0 Å². The van der Waals surface area contributed by atoms with Gasteiger partial charge in [0.05, 0.1) is 22.4 Å². The number of fused-ring (bicyclic) bond motifs is 1. The third-order valence-electron chi connectivity index (χ3n) is 5.75. The zero-order valence-corrected chi connectivity index (χ0v) is 18.7. The van der Waals surface area contributed by atoms with Gasteiger partial charge in [0.25, 0.3) is 11.8 Å². The van der Waals surface area contributed by atoms with Crippen molar-refractivity contribution >= 4 is 43.7 Å². The Morgan fingerprint density at radius 1 is 1.28 bits per heavy atom. The number of amides is 2. The molecular formula is C22H24F3N4O2P. The van der Waals surface area contributed by atoms with Crippen LogP contribution in [0.4, 0.5) is 18.9 Å². The number of nitrogens with zero attached hydrogens (tertiary/aromatic N) is 1. The Labute approximate surface area is 185 Å². The predicted octanol–water partition coefficient (Wildman–Crippen LogP) is 3.16. The number of hydrogen-bond donors (Lipinski definition) is 3. The van der Waals surface area contributed by atoms with E-state index in [0.717, 1.165) is 31.2 Å². The largest absolute Gasteiger partial charge is 0.419 e. The van der Waals surface area contributed by atoms with Gasteiger partial charge in [-0.25, -0.2) is 0 Å². The van der Waals surface area contributed by atoms with E-state index in [0.29, 0.717) is 17.8 Å². The highest BCUT2D eigenvalue weighted by Gasteiger charge is 2.40. The van der Waals surface area contributed by atoms with Gasteiger partial charge < -0.3 is 20.5 Å². The molecule has 0 radical (unpaired) electrons. The van der Waals surface area contributed by atoms with Gasteiger partial charge in [-0.3, -0.25) is 9.59 Å². The van der Waals surface area contributed by atoms with Gasteiger partial charge in [0.15, 0.2) is 0 Å². The number of H-pyrrole nitrogens is 1. The van der Waals surface area contributed by atoms with Crippen molar-refractivity contribution in [3.63, 3.8) is 0 Å². The summed E-state index contributed by atoms with van der Waals surface area (Å²) in [6.07, 6.45) is -1.42. The minimum Gasteiger partial charge on any atom is -0.358 e. The SMILES string of the molecule is Cc1[nH]c(/C=C2\C(=O)Nc3ccc(P)cc32)c(C(F)(F)F)c1C(=O)NCCN1CCCC1. The number of alkyl halides is 3. The number of aromatic amines is 1. The second-order valence-corrected chi connectivity index (χ2v) is 8.70. The van der Waals surface area contributed by atoms with Crippen molar-refractivity contribution < 1.29 is 22.8 Å². The minimum atomic E-state index is -4.78. The number of rotatable bonds is 5. The summed E-state index contributed by atoms with van der Waals surface area (Å²) in [5.41, 5.74) is -0.567. The van der Waals surface area contributed by atoms with E-state index in [1.54, 1.807) is 18.2 Å². The normalized spacial score (nSPS) is 17.7. The maximum atomic E-state index is 14.0. The van der Waals surface area contributed by atoms with E-state index in [9.17, 15) is 22.8 Å². The number of benzene rings is 1. The molecule has 1 fully saturated rings. The van der Waals surface area contributed by atoms with Crippen LogP contribution in [-0.4, -0.2) is 47.9 Å². The molecular weight excluding hydrogens is 440 g/mol. The fraction of sp³-hybridized carbons (Fsp3) is 0.364. The lowest BCUT2D eigenvalue weighted by molar-refractivity contribution is -0.138. The fourth-order valence-electron chi connectivity index (χ4n) is 4.25. The summed E-state index contributed by atoms with van der Waals surface area (Å²) >= 11 is 0. The first-order valence-corrected chi connectivity index (χ1v) is 11.0. The van der Waals surface area contributed by atoms with Crippen molar-refractivity contribution in [2.24, 2.45) is 0 Å². The topological polar surface area (TPSA) is 77.2 Å². The molecule has 3 heterocycles. The summed E-state index contributed by atoms with van der Waals surface area (Å²) in [7, 11) is 2.50. The van der Waals surface area contributed by atoms with E-state index in [4.69, 9.17) is 0 Å². The van der Waals surface area contributed by atoms with Gasteiger partial charge in [0.2, 0.25) is 0 Å². The van der Waals surface area contributed by atoms with Crippen LogP contribution in [0, 0.1) is 6.92 Å². The van der Waals surface area contributed by atoms with Crippen LogP contribution < -0.4 is 15.9 Å². The molecule has 1 saturated heterocycles. The number of hydrogen-bond acceptors (Lipinski definition) is 3. The Kier molecular flexibility index (Phi) is 6.14. The second-order valence-electron chi connectivity index (χ2n) is 8.03. The van der Waals surface area contributed by atoms with Gasteiger partial charge in [0, 0.05) is 30.0 Å². The average Bonchev–Trinajstić information content (AvgIpc) is 3.41. The van der Waals surface area contributed by atoms with Crippen LogP contribution in [0.25, 0.3) is 11.6 Å². The summed E-state index contributed by atoms with van der Waals surface area (Å²) < 4.78 is 42.1. The molecule has 0 spiro atoms. The van der Waals surface area contributed by atoms with Crippen LogP contribution in [0.3, 0.4) is 0 Å². The van der Waals surface area contributed by atoms with Gasteiger partial charge in [-0.05, 0) is 56.4 Å². The molecule has 1 aromatic heterocycles. The first-order chi connectivity index (χ1) is 15.1. The predicted molar refractivity (Wildman–Crippen MR) is 121 cm³/mol. The van der Waals surface area contributed by atoms with Crippen molar-refractivity contribution in [1.29, 1.82) is 0 Å². The molecule has 1 unspecified atom stereocenters. The zero-order valence-electron chi connectivity index (χ0n) is 17.5. The monoisotopic (exact) mass is 464 g/mol. The van der Waals surface area contributed by atoms with E-state index in [1.165, 1.54) is 13.0 Å². The lowest BCUT2D eigenvalue weighted by Crippen LogP contribution is -2.34. The average molecular weight is 464 g/mol. The standard InChI is InChI=1S/C22H24F3N4O2P/c1-12-18(21(31)26-6-9-29-7-2-3-8-29)19(22(23,24)25)17(27-12)11-15-14-10-13(32)4-5-16(14)28-20(15)30/h4-5,10-11,27H,2-3,6-9,32H2,1H3,(H,26,31)(H,28,30)/b15-11-. The number of likely N-dealkylation sites (tertiary alicyclic amines) is 1. The Morgan fingerprint density at radius 2 is 2.00 bits per heavy atom. The highest BCUT2D eigenvalue weighted by atomic mass is 31.0. The van der Waals surface area contributed by atoms with Crippen LogP contribution in [-0.2, 0) is 11.0 Å². The van der Waals surface area contributed by atoms with Gasteiger partial charge in [-0.2, -0.15) is 13.2 Å². The van der Waals surface area contributed by atoms with Crippen LogP contribution >= 0.6 is 9.24 Å². The fourth-order valence-corrected chi connectivity index (χ4v) is 4.51. The van der Waals surface area contributed by atoms with Gasteiger partial charge >= 0.3 is 6.18 Å². The van der Waals surface area contributed by atoms with Crippen molar-refractivity contribution in [3.8, 4) is 0 Å². The minimum absolute atomic E-state index is 0.0984. The third-order valence-corrected chi connectivity index (χ3v) is 6.11. The van der Waals surface area contributed by atoms with Crippen LogP contribution in [0.2, 0.25) is 0 Å². The van der Waals surface area contributed by atoms with Gasteiger partial charge in [-0.1, -0.05) is 6.07 Å². The lowest BCUT2D eigenvalue weighted by atomic mass is 10.0. The molecule has 1 atom stereocenters. The molecule has 2 aliphatic rings. The quantitative estimate of drug-likeness (QED) is 0.470. The molecule has 32 heavy (non-hydrogen) atoms. The second kappa shape index (κ2) is 8.71. The van der Waals surface area contributed by atoms with E-state index >= 15 is 0 Å². The maximum absolute atomic E-state index is 14.0. The van der Waals surface area contributed by atoms with Crippen molar-refractivity contribution in [3.05, 3.63) is 46.3 Å². The molecule has 3 N–H and O–H groups in total. The lowest BCUT2D eigenvalue weighted by Gasteiger charge is -2.15. The first-order valence-electron chi connectivity index (χ1n) is 10.4. The molecule has 170 valence electrons. The molecule has 6 nitrogen and oxygen atoms in total. The molecule has 0 saturated carbocycles. The van der Waals surface area contributed by atoms with Gasteiger partial charge in [-0.15, -0.1) is 9.24 Å². The maximum Gasteiger partial charge on any atom is 0.419 e. The van der Waals surface area contributed by atoms with Crippen molar-refractivity contribution in [1.82, 2.24) is 15.2 Å². The molecule has 4 rings (SSSR count). The van der Waals surface area contributed by atoms with Crippen molar-refractivity contribution in [2.45, 2.75) is 25.9 Å². The van der Waals surface area contributed by atoms with Crippen LogP contribution in [0.15, 0.2) is 18.2 Å². The molecule has 2 amide bonds. The number of anilines is 1. The Balaban J connectivity index is 1.67. The zero-order chi connectivity index (χ0) is 23.0. The third kappa shape index (κ3) is 4.45. The highest BCUT2D eigenvalue weighted by molar-refractivity contribution is 7.27. The van der Waals surface area contributed by atoms with E-state index in [-0.39, 0.29) is 23.5 Å².